The lowest BCUT2D eigenvalue weighted by molar-refractivity contribution is -0.156. The topological polar surface area (TPSA) is 133 Å². The Bertz CT molecular complexity index is 1210. The summed E-state index contributed by atoms with van der Waals surface area (Å²) in [6.45, 7) is 0. The maximum Gasteiger partial charge on any atom is 0.470 e. The quantitative estimate of drug-likeness (QED) is 0.630. The number of rotatable bonds is 2. The lowest BCUT2D eigenvalue weighted by Gasteiger charge is -2.12. The molecule has 9 nitrogen and oxygen atoms in total. The van der Waals surface area contributed by atoms with E-state index in [4.69, 9.17) is 5.73 Å². The van der Waals surface area contributed by atoms with E-state index in [1.807, 2.05) is 5.32 Å². The number of anilines is 1. The number of hydrogen-bond donors (Lipinski definition) is 2. The first-order valence-corrected chi connectivity index (χ1v) is 7.59. The van der Waals surface area contributed by atoms with E-state index < -0.39 is 35.3 Å². The lowest BCUT2D eigenvalue weighted by Crippen LogP contribution is -2.24. The van der Waals surface area contributed by atoms with Crippen LogP contribution in [0.1, 0.15) is 26.6 Å². The predicted octanol–water partition coefficient (Wildman–Crippen LogP) is 1.37. The van der Waals surface area contributed by atoms with Crippen LogP contribution >= 0.6 is 0 Å². The van der Waals surface area contributed by atoms with Crippen LogP contribution < -0.4 is 16.6 Å². The molecule has 0 fully saturated rings. The molecule has 12 heteroatoms. The highest BCUT2D eigenvalue weighted by molar-refractivity contribution is 6.23. The molecule has 4 rings (SSSR count). The Labute approximate surface area is 152 Å². The monoisotopic (exact) mass is 391 g/mol. The van der Waals surface area contributed by atoms with Gasteiger partial charge < -0.3 is 10.2 Å². The molecule has 0 aliphatic carbocycles. The lowest BCUT2D eigenvalue weighted by atomic mass is 10.1. The van der Waals surface area contributed by atoms with Gasteiger partial charge in [-0.2, -0.15) is 13.2 Å². The molecule has 0 radical (unpaired) electrons. The van der Waals surface area contributed by atoms with Gasteiger partial charge in [0.2, 0.25) is 5.89 Å². The smallest absolute Gasteiger partial charge is 0.413 e. The number of nitrogens with two attached hydrogens (primary N) is 1. The maximum atomic E-state index is 12.6. The number of nitrogens with zero attached hydrogens (tertiary/aromatic N) is 3. The summed E-state index contributed by atoms with van der Waals surface area (Å²) in [6.07, 6.45) is -4.80. The fourth-order valence-electron chi connectivity index (χ4n) is 2.78. The van der Waals surface area contributed by atoms with Gasteiger partial charge in [-0.05, 0) is 18.2 Å². The molecule has 0 saturated carbocycles. The molecule has 3 N–H and O–H groups in total. The number of carbonyl (C=O) groups excluding carboxylic acids is 2. The Morgan fingerprint density at radius 3 is 2.50 bits per heavy atom. The molecule has 1 aliphatic rings. The van der Waals surface area contributed by atoms with Crippen LogP contribution in [0, 0.1) is 0 Å². The number of carbonyl (C=O) groups is 2. The number of imide groups is 1. The van der Waals surface area contributed by atoms with Crippen LogP contribution in [0.25, 0.3) is 17.1 Å². The molecular formula is C16H8F3N5O4. The fourth-order valence-corrected chi connectivity index (χ4v) is 2.78. The Kier molecular flexibility index (Phi) is 3.60. The number of fused-ring (bicyclic) bond motifs is 1. The van der Waals surface area contributed by atoms with Crippen molar-refractivity contribution >= 4 is 17.6 Å². The molecule has 0 spiro atoms. The number of hydrogen-bond acceptors (Lipinski definition) is 7. The van der Waals surface area contributed by atoms with E-state index in [0.29, 0.717) is 0 Å². The van der Waals surface area contributed by atoms with E-state index in [1.165, 1.54) is 24.3 Å². The average molecular weight is 391 g/mol. The van der Waals surface area contributed by atoms with Crippen molar-refractivity contribution in [2.75, 3.05) is 5.73 Å². The van der Waals surface area contributed by atoms with Gasteiger partial charge in [0.05, 0.1) is 16.8 Å². The fraction of sp³-hybridized carbons (Fsp3) is 0.0625. The third kappa shape index (κ3) is 2.62. The Morgan fingerprint density at radius 1 is 1.07 bits per heavy atom. The average Bonchev–Trinajstić information content (AvgIpc) is 3.21. The highest BCUT2D eigenvalue weighted by atomic mass is 19.4. The molecule has 0 bridgehead atoms. The van der Waals surface area contributed by atoms with Crippen LogP contribution in [0.2, 0.25) is 0 Å². The number of alkyl halides is 3. The zero-order valence-electron chi connectivity index (χ0n) is 13.6. The molecule has 28 heavy (non-hydrogen) atoms. The second-order valence-electron chi connectivity index (χ2n) is 5.74. The highest BCUT2D eigenvalue weighted by Crippen LogP contribution is 2.31. The van der Waals surface area contributed by atoms with Gasteiger partial charge in [-0.3, -0.25) is 24.3 Å². The van der Waals surface area contributed by atoms with Gasteiger partial charge in [0.25, 0.3) is 17.4 Å². The van der Waals surface area contributed by atoms with E-state index in [2.05, 4.69) is 14.6 Å². The van der Waals surface area contributed by atoms with Gasteiger partial charge in [0, 0.05) is 11.6 Å². The molecule has 0 unspecified atom stereocenters. The zero-order chi connectivity index (χ0) is 20.2. The van der Waals surface area contributed by atoms with Crippen molar-refractivity contribution in [3.8, 4) is 17.1 Å². The van der Waals surface area contributed by atoms with Crippen molar-refractivity contribution in [3.63, 3.8) is 0 Å². The summed E-state index contributed by atoms with van der Waals surface area (Å²) in [6, 6.07) is 6.48. The number of benzene rings is 1. The minimum atomic E-state index is -4.80. The number of nitrogens with one attached hydrogen (secondary N) is 1. The first-order chi connectivity index (χ1) is 13.2. The minimum Gasteiger partial charge on any atom is -0.413 e. The number of pyridine rings is 1. The van der Waals surface area contributed by atoms with Crippen LogP contribution in [-0.2, 0) is 6.18 Å². The van der Waals surface area contributed by atoms with E-state index in [9.17, 15) is 27.6 Å². The molecule has 1 aromatic carbocycles. The van der Waals surface area contributed by atoms with Gasteiger partial charge in [0.15, 0.2) is 0 Å². The van der Waals surface area contributed by atoms with Gasteiger partial charge in [-0.25, -0.2) is 0 Å². The van der Waals surface area contributed by atoms with Crippen LogP contribution in [0.4, 0.5) is 19.0 Å². The second-order valence-corrected chi connectivity index (χ2v) is 5.74. The molecule has 142 valence electrons. The van der Waals surface area contributed by atoms with Crippen LogP contribution in [0.15, 0.2) is 39.5 Å². The highest BCUT2D eigenvalue weighted by Gasteiger charge is 2.38. The van der Waals surface area contributed by atoms with E-state index in [0.717, 1.165) is 10.6 Å². The second kappa shape index (κ2) is 5.77. The summed E-state index contributed by atoms with van der Waals surface area (Å²) in [5.74, 6) is -3.72. The Morgan fingerprint density at radius 2 is 1.82 bits per heavy atom. The molecule has 2 amide bonds. The number of aromatic nitrogens is 3. The van der Waals surface area contributed by atoms with E-state index >= 15 is 0 Å². The Balaban J connectivity index is 1.85. The van der Waals surface area contributed by atoms with Crippen LogP contribution in [0.5, 0.6) is 0 Å². The molecule has 0 atom stereocenters. The van der Waals surface area contributed by atoms with Crippen molar-refractivity contribution in [1.82, 2.24) is 20.1 Å². The van der Waals surface area contributed by atoms with Crippen molar-refractivity contribution in [3.05, 3.63) is 57.7 Å². The number of amides is 2. The summed E-state index contributed by atoms with van der Waals surface area (Å²) in [4.78, 5) is 36.0. The number of halogens is 3. The third-order valence-electron chi connectivity index (χ3n) is 3.97. The van der Waals surface area contributed by atoms with Crippen molar-refractivity contribution in [2.24, 2.45) is 0 Å². The summed E-state index contributed by atoms with van der Waals surface area (Å²) in [5, 5.41) is 8.32. The summed E-state index contributed by atoms with van der Waals surface area (Å²) in [5.41, 5.74) is 5.12. The van der Waals surface area contributed by atoms with Gasteiger partial charge in [-0.1, -0.05) is 6.07 Å². The molecular weight excluding hydrogens is 383 g/mol. The first kappa shape index (κ1) is 17.5. The number of nitrogen functional groups attached to an aromatic ring is 1. The predicted molar refractivity (Wildman–Crippen MR) is 86.5 cm³/mol. The van der Waals surface area contributed by atoms with Crippen LogP contribution in [-0.4, -0.2) is 26.6 Å². The first-order valence-electron chi connectivity index (χ1n) is 7.59. The third-order valence-corrected chi connectivity index (χ3v) is 3.97. The van der Waals surface area contributed by atoms with Crippen molar-refractivity contribution in [2.45, 2.75) is 6.18 Å². The van der Waals surface area contributed by atoms with Gasteiger partial charge >= 0.3 is 12.1 Å². The molecule has 3 aromatic rings. The summed E-state index contributed by atoms with van der Waals surface area (Å²) < 4.78 is 43.5. The Hall–Kier alpha value is -3.96. The largest absolute Gasteiger partial charge is 0.470 e. The van der Waals surface area contributed by atoms with Gasteiger partial charge in [-0.15, -0.1) is 10.2 Å². The molecule has 0 saturated heterocycles. The van der Waals surface area contributed by atoms with Crippen molar-refractivity contribution in [1.29, 1.82) is 0 Å². The summed E-state index contributed by atoms with van der Waals surface area (Å²) in [7, 11) is 0. The SMILES string of the molecule is Nc1c2c(cc(=O)n1-c1cccc(-c3nnc(C(F)(F)F)o3)c1)C(=O)NC2=O. The summed E-state index contributed by atoms with van der Waals surface area (Å²) >= 11 is 0. The standard InChI is InChI=1S/C16H8F3N5O4/c17-16(18,19)15-23-22-14(28-15)6-2-1-3-7(4-6)24-9(25)5-8-10(11(24)20)13(27)21-12(8)26/h1-5H,20H2,(H,21,26,27). The molecule has 3 heterocycles. The molecule has 1 aliphatic heterocycles. The zero-order valence-corrected chi connectivity index (χ0v) is 13.6. The van der Waals surface area contributed by atoms with E-state index in [1.54, 1.807) is 0 Å². The normalized spacial score (nSPS) is 13.5. The van der Waals surface area contributed by atoms with Crippen molar-refractivity contribution < 1.29 is 27.2 Å². The minimum absolute atomic E-state index is 0.0906. The maximum absolute atomic E-state index is 12.6. The van der Waals surface area contributed by atoms with Gasteiger partial charge in [0.1, 0.15) is 5.82 Å². The molecule has 2 aromatic heterocycles. The van der Waals surface area contributed by atoms with E-state index in [-0.39, 0.29) is 28.2 Å². The van der Waals surface area contributed by atoms with Crippen LogP contribution in [0.3, 0.4) is 0 Å².